The summed E-state index contributed by atoms with van der Waals surface area (Å²) in [7, 11) is -3.55. The van der Waals surface area contributed by atoms with Crippen LogP contribution in [-0.2, 0) is 10.0 Å². The van der Waals surface area contributed by atoms with Crippen molar-refractivity contribution in [3.63, 3.8) is 0 Å². The van der Waals surface area contributed by atoms with Gasteiger partial charge in [0, 0.05) is 25.1 Å². The van der Waals surface area contributed by atoms with Crippen LogP contribution < -0.4 is 0 Å². The van der Waals surface area contributed by atoms with Crippen LogP contribution in [0.15, 0.2) is 29.2 Å². The maximum Gasteiger partial charge on any atom is 0.244 e. The zero-order chi connectivity index (χ0) is 15.9. The number of benzene rings is 1. The number of aliphatic hydroxyl groups is 1. The molecule has 0 bridgehead atoms. The lowest BCUT2D eigenvalue weighted by atomic mass is 10.2. The molecule has 0 unspecified atom stereocenters. The van der Waals surface area contributed by atoms with Gasteiger partial charge in [-0.15, -0.1) is 0 Å². The zero-order valence-electron chi connectivity index (χ0n) is 12.8. The van der Waals surface area contributed by atoms with Gasteiger partial charge < -0.3 is 5.11 Å². The molecule has 1 N–H and O–H groups in total. The van der Waals surface area contributed by atoms with Crippen molar-refractivity contribution in [2.75, 3.05) is 19.7 Å². The fraction of sp³-hybridized carbons (Fsp3) is 0.500. The Morgan fingerprint density at radius 3 is 2.52 bits per heavy atom. The van der Waals surface area contributed by atoms with Crippen LogP contribution in [0.25, 0.3) is 0 Å². The van der Waals surface area contributed by atoms with E-state index in [2.05, 4.69) is 11.8 Å². The summed E-state index contributed by atoms with van der Waals surface area (Å²) in [4.78, 5) is 0.234. The van der Waals surface area contributed by atoms with Crippen molar-refractivity contribution < 1.29 is 13.5 Å². The maximum atomic E-state index is 12.8. The molecule has 0 radical (unpaired) electrons. The summed E-state index contributed by atoms with van der Waals surface area (Å²) in [5, 5.41) is 8.77. The number of sulfonamides is 1. The molecule has 0 aliphatic heterocycles. The van der Waals surface area contributed by atoms with Crippen molar-refractivity contribution in [3.05, 3.63) is 29.8 Å². The number of rotatable bonds is 6. The molecule has 5 heteroatoms. The first-order chi connectivity index (χ1) is 9.93. The quantitative estimate of drug-likeness (QED) is 0.819. The molecule has 0 saturated heterocycles. The molecule has 0 heterocycles. The van der Waals surface area contributed by atoms with E-state index in [1.165, 1.54) is 4.31 Å². The van der Waals surface area contributed by atoms with E-state index >= 15 is 0 Å². The standard InChI is InChI=1S/C16H23NO3S/c1-4-17(13-14(2)3)21(19,20)16-11-6-5-9-15(16)10-7-8-12-18/h5-6,9,11,14,18H,4,8,12-13H2,1-3H3. The third-order valence-electron chi connectivity index (χ3n) is 2.89. The van der Waals surface area contributed by atoms with Crippen LogP contribution >= 0.6 is 0 Å². The van der Waals surface area contributed by atoms with Crippen molar-refractivity contribution in [1.29, 1.82) is 0 Å². The molecule has 21 heavy (non-hydrogen) atoms. The van der Waals surface area contributed by atoms with E-state index in [1.807, 2.05) is 20.8 Å². The van der Waals surface area contributed by atoms with Crippen LogP contribution in [-0.4, -0.2) is 37.5 Å². The zero-order valence-corrected chi connectivity index (χ0v) is 13.7. The van der Waals surface area contributed by atoms with Crippen molar-refractivity contribution >= 4 is 10.0 Å². The summed E-state index contributed by atoms with van der Waals surface area (Å²) < 4.78 is 27.0. The molecular weight excluding hydrogens is 286 g/mol. The minimum atomic E-state index is -3.55. The van der Waals surface area contributed by atoms with Crippen molar-refractivity contribution in [3.8, 4) is 11.8 Å². The SMILES string of the molecule is CCN(CC(C)C)S(=O)(=O)c1ccccc1C#CCCO. The highest BCUT2D eigenvalue weighted by molar-refractivity contribution is 7.89. The van der Waals surface area contributed by atoms with Gasteiger partial charge in [-0.1, -0.05) is 44.7 Å². The Balaban J connectivity index is 3.22. The van der Waals surface area contributed by atoms with Gasteiger partial charge >= 0.3 is 0 Å². The average Bonchev–Trinajstić information content (AvgIpc) is 2.45. The minimum Gasteiger partial charge on any atom is -0.395 e. The van der Waals surface area contributed by atoms with Gasteiger partial charge in [0.1, 0.15) is 0 Å². The van der Waals surface area contributed by atoms with E-state index in [-0.39, 0.29) is 17.4 Å². The lowest BCUT2D eigenvalue weighted by molar-refractivity contribution is 0.305. The topological polar surface area (TPSA) is 57.6 Å². The average molecular weight is 309 g/mol. The number of hydrogen-bond donors (Lipinski definition) is 1. The summed E-state index contributed by atoms with van der Waals surface area (Å²) in [5.74, 6) is 5.87. The fourth-order valence-electron chi connectivity index (χ4n) is 1.95. The molecule has 1 rings (SSSR count). The Morgan fingerprint density at radius 2 is 1.95 bits per heavy atom. The molecule has 0 fully saturated rings. The monoisotopic (exact) mass is 309 g/mol. The summed E-state index contributed by atoms with van der Waals surface area (Å²) in [5.41, 5.74) is 0.480. The van der Waals surface area contributed by atoms with E-state index in [0.717, 1.165) is 0 Å². The Labute approximate surface area is 127 Å². The predicted octanol–water partition coefficient (Wildman–Crippen LogP) is 2.09. The third kappa shape index (κ3) is 4.85. The molecule has 0 amide bonds. The van der Waals surface area contributed by atoms with Crippen molar-refractivity contribution in [1.82, 2.24) is 4.31 Å². The van der Waals surface area contributed by atoms with Gasteiger partial charge in [0.05, 0.1) is 11.5 Å². The first-order valence-electron chi connectivity index (χ1n) is 7.12. The molecule has 0 saturated carbocycles. The van der Waals surface area contributed by atoms with E-state index in [4.69, 9.17) is 5.11 Å². The highest BCUT2D eigenvalue weighted by Crippen LogP contribution is 2.20. The van der Waals surface area contributed by atoms with Gasteiger partial charge in [0.25, 0.3) is 0 Å². The maximum absolute atomic E-state index is 12.8. The first kappa shape index (κ1) is 17.7. The summed E-state index contributed by atoms with van der Waals surface area (Å²) in [6.45, 7) is 6.70. The normalized spacial score (nSPS) is 11.5. The number of hydrogen-bond acceptors (Lipinski definition) is 3. The minimum absolute atomic E-state index is 0.0314. The second kappa shape index (κ2) is 8.18. The first-order valence-corrected chi connectivity index (χ1v) is 8.56. The molecule has 0 aromatic heterocycles. The van der Waals surface area contributed by atoms with Gasteiger partial charge in [-0.2, -0.15) is 4.31 Å². The highest BCUT2D eigenvalue weighted by atomic mass is 32.2. The van der Waals surface area contributed by atoms with Crippen LogP contribution in [0, 0.1) is 17.8 Å². The van der Waals surface area contributed by atoms with Gasteiger partial charge in [-0.25, -0.2) is 8.42 Å². The van der Waals surface area contributed by atoms with E-state index in [0.29, 0.717) is 25.1 Å². The van der Waals surface area contributed by atoms with Crippen molar-refractivity contribution in [2.24, 2.45) is 5.92 Å². The van der Waals surface area contributed by atoms with Gasteiger partial charge in [0.15, 0.2) is 0 Å². The largest absolute Gasteiger partial charge is 0.395 e. The Morgan fingerprint density at radius 1 is 1.29 bits per heavy atom. The fourth-order valence-corrected chi connectivity index (χ4v) is 3.71. The predicted molar refractivity (Wildman–Crippen MR) is 84.3 cm³/mol. The van der Waals surface area contributed by atoms with E-state index in [1.54, 1.807) is 24.3 Å². The van der Waals surface area contributed by atoms with Gasteiger partial charge in [0.2, 0.25) is 10.0 Å². The van der Waals surface area contributed by atoms with Crippen molar-refractivity contribution in [2.45, 2.75) is 32.1 Å². The van der Waals surface area contributed by atoms with E-state index < -0.39 is 10.0 Å². The van der Waals surface area contributed by atoms with Crippen LogP contribution in [0.5, 0.6) is 0 Å². The highest BCUT2D eigenvalue weighted by Gasteiger charge is 2.25. The molecular formula is C16H23NO3S. The Bertz CT molecular complexity index is 612. The van der Waals surface area contributed by atoms with E-state index in [9.17, 15) is 8.42 Å². The molecule has 1 aromatic rings. The number of aliphatic hydroxyl groups excluding tert-OH is 1. The second-order valence-electron chi connectivity index (χ2n) is 5.12. The lowest BCUT2D eigenvalue weighted by Gasteiger charge is -2.23. The Hall–Kier alpha value is -1.35. The smallest absolute Gasteiger partial charge is 0.244 e. The van der Waals surface area contributed by atoms with Crippen LogP contribution in [0.1, 0.15) is 32.8 Å². The van der Waals surface area contributed by atoms with Gasteiger partial charge in [-0.3, -0.25) is 0 Å². The summed E-state index contributed by atoms with van der Waals surface area (Å²) >= 11 is 0. The molecule has 0 aliphatic rings. The van der Waals surface area contributed by atoms with Crippen LogP contribution in [0.3, 0.4) is 0 Å². The summed E-state index contributed by atoms with van der Waals surface area (Å²) in [6.07, 6.45) is 0.331. The van der Waals surface area contributed by atoms with Crippen LogP contribution in [0.2, 0.25) is 0 Å². The van der Waals surface area contributed by atoms with Crippen LogP contribution in [0.4, 0.5) is 0 Å². The molecule has 0 aliphatic carbocycles. The molecule has 1 aromatic carbocycles. The second-order valence-corrected chi connectivity index (χ2v) is 7.03. The summed E-state index contributed by atoms with van der Waals surface area (Å²) in [6, 6.07) is 6.75. The molecule has 116 valence electrons. The molecule has 4 nitrogen and oxygen atoms in total. The molecule has 0 spiro atoms. The van der Waals surface area contributed by atoms with Gasteiger partial charge in [-0.05, 0) is 18.1 Å². The lowest BCUT2D eigenvalue weighted by Crippen LogP contribution is -2.34. The molecule has 0 atom stereocenters. The Kier molecular flexibility index (Phi) is 6.90. The number of nitrogens with zero attached hydrogens (tertiary/aromatic N) is 1. The third-order valence-corrected chi connectivity index (χ3v) is 4.89.